The molecule has 6 nitrogen and oxygen atoms in total. The molecule has 0 unspecified atom stereocenters. The standard InChI is InChI=1S/C22H22ClN3O3/c23-18-7-4-8-19(14-18)26-15-17(13-20(26)27)22(29)25-11-9-24(10-12-25)21(28)16-5-2-1-3-6-16/h1-8,14,17H,9-13,15H2/t17-/m1/s1. The van der Waals surface area contributed by atoms with Crippen molar-refractivity contribution < 1.29 is 14.4 Å². The van der Waals surface area contributed by atoms with Gasteiger partial charge in [0, 0.05) is 55.4 Å². The van der Waals surface area contributed by atoms with E-state index in [-0.39, 0.29) is 30.1 Å². The predicted molar refractivity (Wildman–Crippen MR) is 111 cm³/mol. The van der Waals surface area contributed by atoms with Crippen LogP contribution in [0.4, 0.5) is 5.69 Å². The molecule has 2 aliphatic rings. The molecule has 7 heteroatoms. The van der Waals surface area contributed by atoms with Crippen LogP contribution in [0.25, 0.3) is 0 Å². The molecule has 0 aromatic heterocycles. The first kappa shape index (κ1) is 19.5. The van der Waals surface area contributed by atoms with Gasteiger partial charge in [-0.2, -0.15) is 0 Å². The van der Waals surface area contributed by atoms with Gasteiger partial charge in [0.25, 0.3) is 5.91 Å². The lowest BCUT2D eigenvalue weighted by atomic mass is 10.1. The van der Waals surface area contributed by atoms with E-state index in [1.165, 1.54) is 0 Å². The summed E-state index contributed by atoms with van der Waals surface area (Å²) in [5.74, 6) is -0.461. The number of halogens is 1. The van der Waals surface area contributed by atoms with Crippen LogP contribution in [0, 0.1) is 5.92 Å². The summed E-state index contributed by atoms with van der Waals surface area (Å²) in [5.41, 5.74) is 1.38. The number of amides is 3. The second-order valence-corrected chi connectivity index (χ2v) is 7.81. The summed E-state index contributed by atoms with van der Waals surface area (Å²) in [5, 5.41) is 0.560. The minimum atomic E-state index is -0.363. The zero-order chi connectivity index (χ0) is 20.4. The predicted octanol–water partition coefficient (Wildman–Crippen LogP) is 2.68. The number of piperazine rings is 1. The van der Waals surface area contributed by atoms with Crippen LogP contribution in [0.1, 0.15) is 16.8 Å². The molecule has 2 heterocycles. The van der Waals surface area contributed by atoms with Crippen LogP contribution in [-0.2, 0) is 9.59 Å². The molecule has 0 radical (unpaired) electrons. The molecule has 0 N–H and O–H groups in total. The maximum atomic E-state index is 13.0. The van der Waals surface area contributed by atoms with Gasteiger partial charge in [-0.1, -0.05) is 35.9 Å². The van der Waals surface area contributed by atoms with Crippen LogP contribution >= 0.6 is 11.6 Å². The van der Waals surface area contributed by atoms with Crippen LogP contribution < -0.4 is 4.90 Å². The third-order valence-corrected chi connectivity index (χ3v) is 5.73. The molecule has 2 aliphatic heterocycles. The highest BCUT2D eigenvalue weighted by Crippen LogP contribution is 2.28. The fourth-order valence-corrected chi connectivity index (χ4v) is 4.10. The van der Waals surface area contributed by atoms with Crippen molar-refractivity contribution >= 4 is 35.0 Å². The highest BCUT2D eigenvalue weighted by atomic mass is 35.5. The molecule has 0 spiro atoms. The van der Waals surface area contributed by atoms with Crippen LogP contribution in [0.5, 0.6) is 0 Å². The highest BCUT2D eigenvalue weighted by Gasteiger charge is 2.38. The third-order valence-electron chi connectivity index (χ3n) is 5.49. The SMILES string of the molecule is O=C(c1ccccc1)N1CCN(C(=O)[C@@H]2CC(=O)N(c3cccc(Cl)c3)C2)CC1. The number of carbonyl (C=O) groups is 3. The minimum absolute atomic E-state index is 0.0131. The van der Waals surface area contributed by atoms with E-state index in [4.69, 9.17) is 11.6 Å². The molecular weight excluding hydrogens is 390 g/mol. The Labute approximate surface area is 174 Å². The van der Waals surface area contributed by atoms with E-state index in [0.29, 0.717) is 43.3 Å². The molecule has 29 heavy (non-hydrogen) atoms. The number of rotatable bonds is 3. The van der Waals surface area contributed by atoms with E-state index in [1.807, 2.05) is 24.3 Å². The fraction of sp³-hybridized carbons (Fsp3) is 0.318. The molecule has 0 saturated carbocycles. The monoisotopic (exact) mass is 411 g/mol. The maximum Gasteiger partial charge on any atom is 0.253 e. The first-order chi connectivity index (χ1) is 14.0. The largest absolute Gasteiger partial charge is 0.339 e. The highest BCUT2D eigenvalue weighted by molar-refractivity contribution is 6.31. The van der Waals surface area contributed by atoms with E-state index >= 15 is 0 Å². The van der Waals surface area contributed by atoms with Crippen LogP contribution in [0.3, 0.4) is 0 Å². The lowest BCUT2D eigenvalue weighted by Crippen LogP contribution is -2.52. The second-order valence-electron chi connectivity index (χ2n) is 7.37. The van der Waals surface area contributed by atoms with E-state index in [1.54, 1.807) is 45.0 Å². The Morgan fingerprint density at radius 3 is 2.28 bits per heavy atom. The quantitative estimate of drug-likeness (QED) is 0.780. The van der Waals surface area contributed by atoms with Gasteiger partial charge < -0.3 is 14.7 Å². The molecule has 2 fully saturated rings. The van der Waals surface area contributed by atoms with Crippen molar-refractivity contribution in [2.24, 2.45) is 5.92 Å². The lowest BCUT2D eigenvalue weighted by Gasteiger charge is -2.36. The average molecular weight is 412 g/mol. The Morgan fingerprint density at radius 1 is 0.897 bits per heavy atom. The summed E-state index contributed by atoms with van der Waals surface area (Å²) >= 11 is 6.03. The smallest absolute Gasteiger partial charge is 0.253 e. The first-order valence-electron chi connectivity index (χ1n) is 9.72. The number of carbonyl (C=O) groups excluding carboxylic acids is 3. The fourth-order valence-electron chi connectivity index (χ4n) is 3.92. The zero-order valence-corrected chi connectivity index (χ0v) is 16.7. The Hall–Kier alpha value is -2.86. The number of hydrogen-bond donors (Lipinski definition) is 0. The molecule has 150 valence electrons. The van der Waals surface area contributed by atoms with Gasteiger partial charge in [0.2, 0.25) is 11.8 Å². The molecule has 3 amide bonds. The molecular formula is C22H22ClN3O3. The van der Waals surface area contributed by atoms with Gasteiger partial charge in [-0.3, -0.25) is 14.4 Å². The van der Waals surface area contributed by atoms with Gasteiger partial charge in [-0.05, 0) is 30.3 Å². The number of benzene rings is 2. The van der Waals surface area contributed by atoms with E-state index < -0.39 is 0 Å². The van der Waals surface area contributed by atoms with Gasteiger partial charge >= 0.3 is 0 Å². The summed E-state index contributed by atoms with van der Waals surface area (Å²) in [4.78, 5) is 43.1. The molecule has 2 saturated heterocycles. The van der Waals surface area contributed by atoms with Crippen LogP contribution in [0.2, 0.25) is 5.02 Å². The molecule has 0 bridgehead atoms. The van der Waals surface area contributed by atoms with Gasteiger partial charge in [0.05, 0.1) is 5.92 Å². The number of nitrogens with zero attached hydrogens (tertiary/aromatic N) is 3. The lowest BCUT2D eigenvalue weighted by molar-refractivity contribution is -0.137. The van der Waals surface area contributed by atoms with Crippen molar-refractivity contribution in [2.45, 2.75) is 6.42 Å². The van der Waals surface area contributed by atoms with Crippen LogP contribution in [-0.4, -0.2) is 60.2 Å². The van der Waals surface area contributed by atoms with E-state index in [2.05, 4.69) is 0 Å². The van der Waals surface area contributed by atoms with Crippen molar-refractivity contribution in [2.75, 3.05) is 37.6 Å². The van der Waals surface area contributed by atoms with Crippen LogP contribution in [0.15, 0.2) is 54.6 Å². The van der Waals surface area contributed by atoms with E-state index in [9.17, 15) is 14.4 Å². The van der Waals surface area contributed by atoms with Gasteiger partial charge in [-0.25, -0.2) is 0 Å². The third kappa shape index (κ3) is 4.12. The Kier molecular flexibility index (Phi) is 5.53. The summed E-state index contributed by atoms with van der Waals surface area (Å²) in [6.07, 6.45) is 0.203. The van der Waals surface area contributed by atoms with E-state index in [0.717, 1.165) is 5.69 Å². The second kappa shape index (κ2) is 8.25. The average Bonchev–Trinajstić information content (AvgIpc) is 3.15. The van der Waals surface area contributed by atoms with Crippen molar-refractivity contribution in [3.05, 3.63) is 65.2 Å². The van der Waals surface area contributed by atoms with Crippen molar-refractivity contribution in [1.29, 1.82) is 0 Å². The zero-order valence-electron chi connectivity index (χ0n) is 16.0. The number of hydrogen-bond acceptors (Lipinski definition) is 3. The number of anilines is 1. The topological polar surface area (TPSA) is 60.9 Å². The summed E-state index contributed by atoms with van der Waals surface area (Å²) in [6, 6.07) is 16.3. The molecule has 2 aromatic rings. The summed E-state index contributed by atoms with van der Waals surface area (Å²) < 4.78 is 0. The summed E-state index contributed by atoms with van der Waals surface area (Å²) in [6.45, 7) is 2.33. The molecule has 1 atom stereocenters. The normalized spacial score (nSPS) is 19.6. The van der Waals surface area contributed by atoms with Gasteiger partial charge in [0.15, 0.2) is 0 Å². The van der Waals surface area contributed by atoms with Crippen molar-refractivity contribution in [3.63, 3.8) is 0 Å². The Morgan fingerprint density at radius 2 is 1.59 bits per heavy atom. The Balaban J connectivity index is 1.35. The summed E-state index contributed by atoms with van der Waals surface area (Å²) in [7, 11) is 0. The Bertz CT molecular complexity index is 926. The molecule has 2 aromatic carbocycles. The van der Waals surface area contributed by atoms with Gasteiger partial charge in [-0.15, -0.1) is 0 Å². The maximum absolute atomic E-state index is 13.0. The van der Waals surface area contributed by atoms with Gasteiger partial charge in [0.1, 0.15) is 0 Å². The molecule has 0 aliphatic carbocycles. The minimum Gasteiger partial charge on any atom is -0.339 e. The van der Waals surface area contributed by atoms with Crippen molar-refractivity contribution in [1.82, 2.24) is 9.80 Å². The first-order valence-corrected chi connectivity index (χ1v) is 10.1. The molecule has 4 rings (SSSR count). The van der Waals surface area contributed by atoms with Crippen molar-refractivity contribution in [3.8, 4) is 0 Å².